The number of esters is 1. The summed E-state index contributed by atoms with van der Waals surface area (Å²) in [5.41, 5.74) is 0.636. The molecule has 1 N–H and O–H groups in total. The van der Waals surface area contributed by atoms with Crippen LogP contribution in [0.1, 0.15) is 22.7 Å². The molecule has 2 rings (SSSR count). The lowest BCUT2D eigenvalue weighted by atomic mass is 10.2. The summed E-state index contributed by atoms with van der Waals surface area (Å²) in [6.45, 7) is 2.46. The summed E-state index contributed by atoms with van der Waals surface area (Å²) in [7, 11) is 3.03. The number of methoxy groups -OCH3 is 1. The van der Waals surface area contributed by atoms with Gasteiger partial charge in [-0.05, 0) is 13.3 Å². The third kappa shape index (κ3) is 2.81. The van der Waals surface area contributed by atoms with Crippen LogP contribution in [0.4, 0.5) is 5.82 Å². The van der Waals surface area contributed by atoms with Crippen LogP contribution < -0.4 is 5.32 Å². The highest BCUT2D eigenvalue weighted by Gasteiger charge is 2.29. The van der Waals surface area contributed by atoms with Crippen LogP contribution in [0.15, 0.2) is 6.07 Å². The molecule has 2 heterocycles. The average molecular weight is 264 g/mol. The third-order valence-corrected chi connectivity index (χ3v) is 2.97. The van der Waals surface area contributed by atoms with Gasteiger partial charge in [-0.15, -0.1) is 0 Å². The molecule has 7 nitrogen and oxygen atoms in total. The largest absolute Gasteiger partial charge is 0.463 e. The number of carbonyl (C=O) groups excluding carboxylic acids is 2. The molecule has 0 radical (unpaired) electrons. The van der Waals surface area contributed by atoms with E-state index in [2.05, 4.69) is 20.0 Å². The predicted octanol–water partition coefficient (Wildman–Crippen LogP) is 0.214. The van der Waals surface area contributed by atoms with Gasteiger partial charge in [0.1, 0.15) is 11.9 Å². The number of nitrogens with one attached hydrogen (secondary N) is 1. The molecule has 0 aliphatic carbocycles. The molecule has 0 bridgehead atoms. The number of hydrogen-bond donors (Lipinski definition) is 1. The SMILES string of the molecule is COC(=O)c1nc(C)cc(NC2CCN(C)C2=O)n1. The first kappa shape index (κ1) is 13.3. The second kappa shape index (κ2) is 5.21. The number of carbonyl (C=O) groups is 2. The monoisotopic (exact) mass is 264 g/mol. The fraction of sp³-hybridized carbons (Fsp3) is 0.500. The quantitative estimate of drug-likeness (QED) is 0.786. The molecule has 19 heavy (non-hydrogen) atoms. The van der Waals surface area contributed by atoms with Gasteiger partial charge in [-0.2, -0.15) is 0 Å². The maximum atomic E-state index is 11.8. The van der Waals surface area contributed by atoms with Crippen LogP contribution in [0.5, 0.6) is 0 Å². The second-order valence-electron chi connectivity index (χ2n) is 4.46. The van der Waals surface area contributed by atoms with E-state index in [1.165, 1.54) is 7.11 Å². The van der Waals surface area contributed by atoms with Crippen molar-refractivity contribution < 1.29 is 14.3 Å². The number of rotatable bonds is 3. The van der Waals surface area contributed by atoms with E-state index in [1.807, 2.05) is 0 Å². The maximum Gasteiger partial charge on any atom is 0.376 e. The lowest BCUT2D eigenvalue weighted by Gasteiger charge is -2.13. The van der Waals surface area contributed by atoms with Crippen molar-refractivity contribution in [2.45, 2.75) is 19.4 Å². The number of likely N-dealkylation sites (tertiary alicyclic amines) is 1. The Balaban J connectivity index is 2.19. The summed E-state index contributed by atoms with van der Waals surface area (Å²) < 4.78 is 4.59. The normalized spacial score (nSPS) is 18.6. The molecule has 0 spiro atoms. The van der Waals surface area contributed by atoms with E-state index < -0.39 is 5.97 Å². The molecule has 1 aliphatic rings. The topological polar surface area (TPSA) is 84.4 Å². The van der Waals surface area contributed by atoms with Gasteiger partial charge in [0.05, 0.1) is 7.11 Å². The highest BCUT2D eigenvalue weighted by Crippen LogP contribution is 2.15. The summed E-state index contributed by atoms with van der Waals surface area (Å²) >= 11 is 0. The van der Waals surface area contributed by atoms with Gasteiger partial charge in [0, 0.05) is 25.4 Å². The molecule has 102 valence electrons. The van der Waals surface area contributed by atoms with Crippen molar-refractivity contribution in [3.63, 3.8) is 0 Å². The number of hydrogen-bond acceptors (Lipinski definition) is 6. The zero-order valence-corrected chi connectivity index (χ0v) is 11.1. The van der Waals surface area contributed by atoms with Crippen LogP contribution in [0.3, 0.4) is 0 Å². The smallest absolute Gasteiger partial charge is 0.376 e. The first-order chi connectivity index (χ1) is 9.01. The molecule has 1 unspecified atom stereocenters. The molecular formula is C12H16N4O3. The standard InChI is InChI=1S/C12H16N4O3/c1-7-6-9(15-10(13-7)12(18)19-3)14-8-4-5-16(2)11(8)17/h6,8H,4-5H2,1-3H3,(H,13,14,15). The minimum Gasteiger partial charge on any atom is -0.463 e. The van der Waals surface area contributed by atoms with Crippen LogP contribution in [0.25, 0.3) is 0 Å². The summed E-state index contributed by atoms with van der Waals surface area (Å²) in [5, 5.41) is 3.03. The van der Waals surface area contributed by atoms with E-state index in [0.29, 0.717) is 24.5 Å². The first-order valence-electron chi connectivity index (χ1n) is 5.97. The van der Waals surface area contributed by atoms with Crippen molar-refractivity contribution in [1.82, 2.24) is 14.9 Å². The number of nitrogens with zero attached hydrogens (tertiary/aromatic N) is 3. The Morgan fingerprint density at radius 3 is 2.84 bits per heavy atom. The van der Waals surface area contributed by atoms with E-state index in [1.54, 1.807) is 24.9 Å². The number of anilines is 1. The van der Waals surface area contributed by atoms with Gasteiger partial charge in [0.15, 0.2) is 0 Å². The predicted molar refractivity (Wildman–Crippen MR) is 67.8 cm³/mol. The number of aryl methyl sites for hydroxylation is 1. The lowest BCUT2D eigenvalue weighted by Crippen LogP contribution is -2.31. The Morgan fingerprint density at radius 1 is 1.53 bits per heavy atom. The number of ether oxygens (including phenoxy) is 1. The van der Waals surface area contributed by atoms with Crippen molar-refractivity contribution in [2.24, 2.45) is 0 Å². The first-order valence-corrected chi connectivity index (χ1v) is 5.97. The second-order valence-corrected chi connectivity index (χ2v) is 4.46. The lowest BCUT2D eigenvalue weighted by molar-refractivity contribution is -0.127. The Hall–Kier alpha value is -2.18. The van der Waals surface area contributed by atoms with Crippen molar-refractivity contribution in [2.75, 3.05) is 26.0 Å². The van der Waals surface area contributed by atoms with Crippen molar-refractivity contribution >= 4 is 17.7 Å². The van der Waals surface area contributed by atoms with Crippen LogP contribution in [-0.2, 0) is 9.53 Å². The van der Waals surface area contributed by atoms with Crippen LogP contribution in [0.2, 0.25) is 0 Å². The number of likely N-dealkylation sites (N-methyl/N-ethyl adjacent to an activating group) is 1. The summed E-state index contributed by atoms with van der Waals surface area (Å²) in [6, 6.07) is 1.39. The fourth-order valence-electron chi connectivity index (χ4n) is 1.96. The zero-order valence-electron chi connectivity index (χ0n) is 11.1. The molecule has 1 amide bonds. The molecular weight excluding hydrogens is 248 g/mol. The Bertz CT molecular complexity index is 518. The van der Waals surface area contributed by atoms with E-state index in [-0.39, 0.29) is 17.8 Å². The number of amides is 1. The summed E-state index contributed by atoms with van der Waals surface area (Å²) in [4.78, 5) is 32.9. The van der Waals surface area contributed by atoms with Crippen molar-refractivity contribution in [1.29, 1.82) is 0 Å². The third-order valence-electron chi connectivity index (χ3n) is 2.97. The molecule has 0 saturated carbocycles. The van der Waals surface area contributed by atoms with Crippen molar-refractivity contribution in [3.05, 3.63) is 17.6 Å². The van der Waals surface area contributed by atoms with Crippen molar-refractivity contribution in [3.8, 4) is 0 Å². The Labute approximate surface area is 111 Å². The Kier molecular flexibility index (Phi) is 3.64. The summed E-state index contributed by atoms with van der Waals surface area (Å²) in [5.74, 6) is -0.122. The van der Waals surface area contributed by atoms with E-state index in [9.17, 15) is 9.59 Å². The Morgan fingerprint density at radius 2 is 2.26 bits per heavy atom. The minimum atomic E-state index is -0.596. The minimum absolute atomic E-state index is 0.0104. The van der Waals surface area contributed by atoms with Gasteiger partial charge in [-0.3, -0.25) is 4.79 Å². The molecule has 1 saturated heterocycles. The zero-order chi connectivity index (χ0) is 14.0. The van der Waals surface area contributed by atoms with Gasteiger partial charge in [-0.1, -0.05) is 0 Å². The van der Waals surface area contributed by atoms with E-state index in [0.717, 1.165) is 0 Å². The molecule has 7 heteroatoms. The van der Waals surface area contributed by atoms with Crippen LogP contribution in [-0.4, -0.2) is 53.5 Å². The van der Waals surface area contributed by atoms with E-state index >= 15 is 0 Å². The number of aromatic nitrogens is 2. The van der Waals surface area contributed by atoms with Gasteiger partial charge in [0.25, 0.3) is 0 Å². The molecule has 1 aliphatic heterocycles. The fourth-order valence-corrected chi connectivity index (χ4v) is 1.96. The highest BCUT2D eigenvalue weighted by molar-refractivity contribution is 5.87. The average Bonchev–Trinajstić information content (AvgIpc) is 2.69. The molecule has 1 aromatic heterocycles. The molecule has 0 aromatic carbocycles. The van der Waals surface area contributed by atoms with E-state index in [4.69, 9.17) is 0 Å². The van der Waals surface area contributed by atoms with Gasteiger partial charge in [0.2, 0.25) is 11.7 Å². The van der Waals surface area contributed by atoms with Gasteiger partial charge >= 0.3 is 5.97 Å². The summed E-state index contributed by atoms with van der Waals surface area (Å²) in [6.07, 6.45) is 0.714. The van der Waals surface area contributed by atoms with Crippen LogP contribution in [0, 0.1) is 6.92 Å². The maximum absolute atomic E-state index is 11.8. The molecule has 1 aromatic rings. The van der Waals surface area contributed by atoms with Gasteiger partial charge < -0.3 is 15.0 Å². The molecule has 1 atom stereocenters. The van der Waals surface area contributed by atoms with Crippen LogP contribution >= 0.6 is 0 Å². The molecule has 1 fully saturated rings. The van der Waals surface area contributed by atoms with Gasteiger partial charge in [-0.25, -0.2) is 14.8 Å². The highest BCUT2D eigenvalue weighted by atomic mass is 16.5.